The van der Waals surface area contributed by atoms with Crippen molar-refractivity contribution in [3.8, 4) is 0 Å². The third-order valence-corrected chi connectivity index (χ3v) is 4.53. The molecule has 0 radical (unpaired) electrons. The smallest absolute Gasteiger partial charge is 0.0757 e. The number of hydrogen-bond donors (Lipinski definition) is 1. The minimum absolute atomic E-state index is 0.0477. The van der Waals surface area contributed by atoms with Crippen molar-refractivity contribution < 1.29 is 4.74 Å². The Morgan fingerprint density at radius 2 is 2.14 bits per heavy atom. The highest BCUT2D eigenvalue weighted by Gasteiger charge is 2.21. The van der Waals surface area contributed by atoms with Gasteiger partial charge < -0.3 is 10.1 Å². The molecule has 0 spiro atoms. The molecule has 1 atom stereocenters. The van der Waals surface area contributed by atoms with Crippen LogP contribution in [-0.4, -0.2) is 30.5 Å². The maximum Gasteiger partial charge on any atom is 0.0757 e. The zero-order valence-electron chi connectivity index (χ0n) is 11.7. The van der Waals surface area contributed by atoms with Gasteiger partial charge in [0.25, 0.3) is 0 Å². The van der Waals surface area contributed by atoms with Gasteiger partial charge in [-0.3, -0.25) is 4.68 Å². The maximum atomic E-state index is 6.13. The van der Waals surface area contributed by atoms with E-state index in [9.17, 15) is 0 Å². The summed E-state index contributed by atoms with van der Waals surface area (Å²) < 4.78 is 7.98. The summed E-state index contributed by atoms with van der Waals surface area (Å²) in [5.74, 6) is 0. The van der Waals surface area contributed by atoms with Crippen LogP contribution >= 0.6 is 39.1 Å². The summed E-state index contributed by atoms with van der Waals surface area (Å²) in [5, 5.41) is 8.75. The second-order valence-corrected chi connectivity index (χ2v) is 6.16. The van der Waals surface area contributed by atoms with E-state index in [1.165, 1.54) is 0 Å². The maximum absolute atomic E-state index is 6.13. The summed E-state index contributed by atoms with van der Waals surface area (Å²) in [6.07, 6.45) is 1.78. The Labute approximate surface area is 142 Å². The van der Waals surface area contributed by atoms with E-state index in [1.54, 1.807) is 19.4 Å². The van der Waals surface area contributed by atoms with E-state index in [0.717, 1.165) is 15.7 Å². The van der Waals surface area contributed by atoms with Gasteiger partial charge in [-0.05, 0) is 40.7 Å². The van der Waals surface area contributed by atoms with Gasteiger partial charge in [0.05, 0.1) is 45.6 Å². The van der Waals surface area contributed by atoms with Crippen LogP contribution in [0.1, 0.15) is 17.3 Å². The fourth-order valence-corrected chi connectivity index (χ4v) is 3.00. The summed E-state index contributed by atoms with van der Waals surface area (Å²) in [6, 6.07) is 5.57. The molecule has 0 aliphatic heterocycles. The second kappa shape index (κ2) is 7.61. The zero-order valence-corrected chi connectivity index (χ0v) is 14.8. The fraction of sp³-hybridized carbons (Fsp3) is 0.357. The molecule has 21 heavy (non-hydrogen) atoms. The molecule has 1 N–H and O–H groups in total. The van der Waals surface area contributed by atoms with Crippen LogP contribution in [0.5, 0.6) is 0 Å². The first kappa shape index (κ1) is 16.8. The van der Waals surface area contributed by atoms with Crippen LogP contribution in [0, 0.1) is 0 Å². The molecule has 1 unspecified atom stereocenters. The number of nitrogens with zero attached hydrogens (tertiary/aromatic N) is 2. The molecular formula is C14H16BrCl2N3O. The lowest BCUT2D eigenvalue weighted by atomic mass is 10.0. The molecule has 0 bridgehead atoms. The fourth-order valence-electron chi connectivity index (χ4n) is 2.17. The first-order chi connectivity index (χ1) is 10.1. The number of methoxy groups -OCH3 is 1. The summed E-state index contributed by atoms with van der Waals surface area (Å²) in [5.41, 5.74) is 2.04. The van der Waals surface area contributed by atoms with Crippen LogP contribution < -0.4 is 5.32 Å². The van der Waals surface area contributed by atoms with E-state index < -0.39 is 0 Å². The van der Waals surface area contributed by atoms with Crippen LogP contribution in [-0.2, 0) is 11.3 Å². The molecule has 4 nitrogen and oxygen atoms in total. The van der Waals surface area contributed by atoms with Gasteiger partial charge >= 0.3 is 0 Å². The van der Waals surface area contributed by atoms with Crippen molar-refractivity contribution in [3.63, 3.8) is 0 Å². The van der Waals surface area contributed by atoms with Crippen molar-refractivity contribution in [1.29, 1.82) is 0 Å². The topological polar surface area (TPSA) is 39.1 Å². The second-order valence-electron chi connectivity index (χ2n) is 4.49. The predicted octanol–water partition coefficient (Wildman–Crippen LogP) is 3.91. The highest BCUT2D eigenvalue weighted by molar-refractivity contribution is 9.10. The summed E-state index contributed by atoms with van der Waals surface area (Å²) in [4.78, 5) is 0. The Balaban J connectivity index is 2.40. The summed E-state index contributed by atoms with van der Waals surface area (Å²) in [7, 11) is 3.57. The average Bonchev–Trinajstić information content (AvgIpc) is 2.83. The lowest BCUT2D eigenvalue weighted by Gasteiger charge is -2.20. The molecule has 1 aromatic carbocycles. The zero-order chi connectivity index (χ0) is 15.4. The van der Waals surface area contributed by atoms with E-state index in [0.29, 0.717) is 23.2 Å². The van der Waals surface area contributed by atoms with E-state index in [-0.39, 0.29) is 6.04 Å². The van der Waals surface area contributed by atoms with Crippen LogP contribution in [0.4, 0.5) is 0 Å². The monoisotopic (exact) mass is 391 g/mol. The molecule has 0 saturated carbocycles. The molecule has 0 fully saturated rings. The molecule has 0 aliphatic rings. The van der Waals surface area contributed by atoms with Gasteiger partial charge in [-0.1, -0.05) is 29.3 Å². The van der Waals surface area contributed by atoms with Crippen molar-refractivity contribution in [2.45, 2.75) is 12.6 Å². The van der Waals surface area contributed by atoms with Crippen molar-refractivity contribution in [2.75, 3.05) is 20.8 Å². The Morgan fingerprint density at radius 1 is 1.38 bits per heavy atom. The lowest BCUT2D eigenvalue weighted by molar-refractivity contribution is 0.182. The van der Waals surface area contributed by atoms with Gasteiger partial charge in [-0.2, -0.15) is 5.10 Å². The van der Waals surface area contributed by atoms with Crippen molar-refractivity contribution in [1.82, 2.24) is 15.1 Å². The van der Waals surface area contributed by atoms with Crippen molar-refractivity contribution in [3.05, 3.63) is 50.2 Å². The van der Waals surface area contributed by atoms with Gasteiger partial charge in [0.1, 0.15) is 0 Å². The minimum Gasteiger partial charge on any atom is -0.383 e. The van der Waals surface area contributed by atoms with Gasteiger partial charge in [0.15, 0.2) is 0 Å². The Hall–Kier alpha value is -0.590. The standard InChI is InChI=1S/C14H16BrCl2N3O/c1-18-13(9-3-4-11(16)12(17)7-9)14-10(15)8-19-20(14)5-6-21-2/h3-4,7-8,13,18H,5-6H2,1-2H3. The van der Waals surface area contributed by atoms with E-state index >= 15 is 0 Å². The first-order valence-corrected chi connectivity index (χ1v) is 7.95. The van der Waals surface area contributed by atoms with Crippen molar-refractivity contribution in [2.24, 2.45) is 0 Å². The van der Waals surface area contributed by atoms with E-state index in [4.69, 9.17) is 27.9 Å². The Kier molecular flexibility index (Phi) is 6.08. The largest absolute Gasteiger partial charge is 0.383 e. The predicted molar refractivity (Wildman–Crippen MR) is 89.2 cm³/mol. The summed E-state index contributed by atoms with van der Waals surface area (Å²) >= 11 is 15.7. The molecule has 114 valence electrons. The highest BCUT2D eigenvalue weighted by atomic mass is 79.9. The highest BCUT2D eigenvalue weighted by Crippen LogP contribution is 2.32. The quantitative estimate of drug-likeness (QED) is 0.809. The van der Waals surface area contributed by atoms with Crippen LogP contribution in [0.2, 0.25) is 10.0 Å². The van der Waals surface area contributed by atoms with Crippen LogP contribution in [0.25, 0.3) is 0 Å². The number of aromatic nitrogens is 2. The van der Waals surface area contributed by atoms with Gasteiger partial charge in [0, 0.05) is 7.11 Å². The SMILES string of the molecule is CNC(c1ccc(Cl)c(Cl)c1)c1c(Br)cnn1CCOC. The molecule has 2 rings (SSSR count). The number of ether oxygens (including phenoxy) is 1. The normalized spacial score (nSPS) is 12.6. The molecule has 1 aromatic heterocycles. The third-order valence-electron chi connectivity index (χ3n) is 3.18. The van der Waals surface area contributed by atoms with Gasteiger partial charge in [0.2, 0.25) is 0 Å². The Bertz CT molecular complexity index is 618. The third kappa shape index (κ3) is 3.79. The Morgan fingerprint density at radius 3 is 2.76 bits per heavy atom. The van der Waals surface area contributed by atoms with Crippen molar-refractivity contribution >= 4 is 39.1 Å². The van der Waals surface area contributed by atoms with Gasteiger partial charge in [-0.15, -0.1) is 0 Å². The molecule has 0 aliphatic carbocycles. The van der Waals surface area contributed by atoms with Crippen LogP contribution in [0.3, 0.4) is 0 Å². The number of nitrogens with one attached hydrogen (secondary N) is 1. The molecule has 1 heterocycles. The molecule has 7 heteroatoms. The molecule has 0 saturated heterocycles. The average molecular weight is 393 g/mol. The van der Waals surface area contributed by atoms with Gasteiger partial charge in [-0.25, -0.2) is 0 Å². The number of hydrogen-bond acceptors (Lipinski definition) is 3. The molecule has 0 amide bonds. The summed E-state index contributed by atoms with van der Waals surface area (Å²) in [6.45, 7) is 1.27. The molecule has 2 aromatic rings. The number of halogens is 3. The molecular weight excluding hydrogens is 377 g/mol. The van der Waals surface area contributed by atoms with E-state index in [2.05, 4.69) is 26.3 Å². The van der Waals surface area contributed by atoms with E-state index in [1.807, 2.05) is 23.9 Å². The first-order valence-electron chi connectivity index (χ1n) is 6.40. The number of benzene rings is 1. The number of rotatable bonds is 6. The minimum atomic E-state index is -0.0477. The van der Waals surface area contributed by atoms with Crippen LogP contribution in [0.15, 0.2) is 28.9 Å². The lowest BCUT2D eigenvalue weighted by Crippen LogP contribution is -2.23.